The molecular formula is C25H22N2O4. The first kappa shape index (κ1) is 20.2. The SMILES string of the molecule is COc1ccc(C2=N/C(=C/c3ccc(OC)cc3OC)C(=O)N2c2ccccc2)cc1. The number of aliphatic imine (C=N–C) groups is 1. The molecule has 0 bridgehead atoms. The predicted molar refractivity (Wildman–Crippen MR) is 121 cm³/mol. The lowest BCUT2D eigenvalue weighted by atomic mass is 10.1. The normalized spacial score (nSPS) is 14.5. The fraction of sp³-hybridized carbons (Fsp3) is 0.120. The molecule has 3 aromatic rings. The van der Waals surface area contributed by atoms with Crippen molar-refractivity contribution in [1.82, 2.24) is 0 Å². The Hall–Kier alpha value is -4.06. The number of amides is 1. The van der Waals surface area contributed by atoms with Gasteiger partial charge in [0.2, 0.25) is 0 Å². The highest BCUT2D eigenvalue weighted by Gasteiger charge is 2.32. The van der Waals surface area contributed by atoms with E-state index in [4.69, 9.17) is 19.2 Å². The summed E-state index contributed by atoms with van der Waals surface area (Å²) in [7, 11) is 4.79. The monoisotopic (exact) mass is 414 g/mol. The van der Waals surface area contributed by atoms with Crippen LogP contribution in [0.15, 0.2) is 83.5 Å². The Morgan fingerprint density at radius 3 is 2.13 bits per heavy atom. The van der Waals surface area contributed by atoms with E-state index in [2.05, 4.69) is 0 Å². The van der Waals surface area contributed by atoms with Gasteiger partial charge in [-0.05, 0) is 54.6 Å². The molecule has 156 valence electrons. The Morgan fingerprint density at radius 2 is 1.48 bits per heavy atom. The first-order valence-corrected chi connectivity index (χ1v) is 9.71. The minimum atomic E-state index is -0.213. The van der Waals surface area contributed by atoms with Gasteiger partial charge in [-0.15, -0.1) is 0 Å². The molecule has 0 aromatic heterocycles. The molecule has 1 aliphatic heterocycles. The van der Waals surface area contributed by atoms with Crippen molar-refractivity contribution in [3.05, 3.63) is 89.6 Å². The van der Waals surface area contributed by atoms with Crippen LogP contribution in [0.3, 0.4) is 0 Å². The third-order valence-electron chi connectivity index (χ3n) is 4.96. The molecule has 0 unspecified atom stereocenters. The number of ether oxygens (including phenoxy) is 3. The van der Waals surface area contributed by atoms with Crippen LogP contribution in [0.25, 0.3) is 6.08 Å². The number of methoxy groups -OCH3 is 3. The van der Waals surface area contributed by atoms with Gasteiger partial charge < -0.3 is 14.2 Å². The highest BCUT2D eigenvalue weighted by molar-refractivity contribution is 6.33. The molecule has 0 saturated heterocycles. The number of nitrogens with zero attached hydrogens (tertiary/aromatic N) is 2. The quantitative estimate of drug-likeness (QED) is 0.556. The molecule has 6 heteroatoms. The summed E-state index contributed by atoms with van der Waals surface area (Å²) in [6, 6.07) is 22.4. The van der Waals surface area contributed by atoms with Crippen molar-refractivity contribution in [1.29, 1.82) is 0 Å². The molecule has 0 atom stereocenters. The summed E-state index contributed by atoms with van der Waals surface area (Å²) in [6.45, 7) is 0. The lowest BCUT2D eigenvalue weighted by Crippen LogP contribution is -2.32. The van der Waals surface area contributed by atoms with Crippen molar-refractivity contribution in [2.45, 2.75) is 0 Å². The summed E-state index contributed by atoms with van der Waals surface area (Å²) in [4.78, 5) is 19.7. The molecule has 0 aliphatic carbocycles. The zero-order valence-corrected chi connectivity index (χ0v) is 17.5. The largest absolute Gasteiger partial charge is 0.497 e. The molecule has 1 aliphatic rings. The maximum absolute atomic E-state index is 13.4. The van der Waals surface area contributed by atoms with E-state index >= 15 is 0 Å². The molecule has 31 heavy (non-hydrogen) atoms. The van der Waals surface area contributed by atoms with E-state index in [1.165, 1.54) is 0 Å². The summed E-state index contributed by atoms with van der Waals surface area (Å²) >= 11 is 0. The van der Waals surface area contributed by atoms with Crippen LogP contribution in [-0.4, -0.2) is 33.1 Å². The van der Waals surface area contributed by atoms with Crippen LogP contribution >= 0.6 is 0 Å². The number of carbonyl (C=O) groups is 1. The number of para-hydroxylation sites is 1. The van der Waals surface area contributed by atoms with Gasteiger partial charge in [-0.2, -0.15) is 0 Å². The second-order valence-corrected chi connectivity index (χ2v) is 6.78. The fourth-order valence-corrected chi connectivity index (χ4v) is 3.35. The lowest BCUT2D eigenvalue weighted by molar-refractivity contribution is -0.113. The molecule has 6 nitrogen and oxygen atoms in total. The lowest BCUT2D eigenvalue weighted by Gasteiger charge is -2.18. The second-order valence-electron chi connectivity index (χ2n) is 6.78. The van der Waals surface area contributed by atoms with Gasteiger partial charge in [0.05, 0.1) is 27.0 Å². The number of anilines is 1. The van der Waals surface area contributed by atoms with E-state index in [1.54, 1.807) is 38.4 Å². The van der Waals surface area contributed by atoms with Gasteiger partial charge >= 0.3 is 0 Å². The van der Waals surface area contributed by atoms with E-state index in [9.17, 15) is 4.79 Å². The van der Waals surface area contributed by atoms with Crippen molar-refractivity contribution in [3.8, 4) is 17.2 Å². The van der Waals surface area contributed by atoms with Crippen LogP contribution < -0.4 is 19.1 Å². The third-order valence-corrected chi connectivity index (χ3v) is 4.96. The van der Waals surface area contributed by atoms with Gasteiger partial charge in [-0.1, -0.05) is 18.2 Å². The van der Waals surface area contributed by atoms with Crippen molar-refractivity contribution in [2.75, 3.05) is 26.2 Å². The molecular weight excluding hydrogens is 392 g/mol. The Bertz CT molecular complexity index is 1150. The maximum atomic E-state index is 13.4. The van der Waals surface area contributed by atoms with Gasteiger partial charge in [0, 0.05) is 17.2 Å². The van der Waals surface area contributed by atoms with Crippen LogP contribution in [0.4, 0.5) is 5.69 Å². The van der Waals surface area contributed by atoms with E-state index in [1.807, 2.05) is 66.7 Å². The van der Waals surface area contributed by atoms with E-state index in [0.29, 0.717) is 23.0 Å². The molecule has 0 N–H and O–H groups in total. The average molecular weight is 414 g/mol. The fourth-order valence-electron chi connectivity index (χ4n) is 3.35. The van der Waals surface area contributed by atoms with E-state index in [-0.39, 0.29) is 5.91 Å². The molecule has 1 heterocycles. The van der Waals surface area contributed by atoms with Crippen LogP contribution in [0.1, 0.15) is 11.1 Å². The standard InChI is InChI=1S/C25H22N2O4/c1-29-20-12-9-17(10-13-20)24-26-22(25(28)27(24)19-7-5-4-6-8-19)15-18-11-14-21(30-2)16-23(18)31-3/h4-16H,1-3H3/b22-15+. The highest BCUT2D eigenvalue weighted by Crippen LogP contribution is 2.31. The third kappa shape index (κ3) is 4.00. The summed E-state index contributed by atoms with van der Waals surface area (Å²) in [6.07, 6.45) is 1.73. The Kier molecular flexibility index (Phi) is 5.71. The number of hydrogen-bond donors (Lipinski definition) is 0. The maximum Gasteiger partial charge on any atom is 0.282 e. The Labute approximate surface area is 181 Å². The van der Waals surface area contributed by atoms with Crippen LogP contribution in [0.5, 0.6) is 17.2 Å². The first-order valence-electron chi connectivity index (χ1n) is 9.71. The van der Waals surface area contributed by atoms with E-state index in [0.717, 1.165) is 22.6 Å². The minimum absolute atomic E-state index is 0.213. The summed E-state index contributed by atoms with van der Waals surface area (Å²) in [5.41, 5.74) is 2.60. The number of hydrogen-bond acceptors (Lipinski definition) is 5. The summed E-state index contributed by atoms with van der Waals surface area (Å²) < 4.78 is 16.0. The van der Waals surface area contributed by atoms with E-state index < -0.39 is 0 Å². The average Bonchev–Trinajstić information content (AvgIpc) is 3.15. The van der Waals surface area contributed by atoms with Gasteiger partial charge in [0.1, 0.15) is 28.8 Å². The molecule has 0 saturated carbocycles. The zero-order valence-electron chi connectivity index (χ0n) is 17.5. The van der Waals surface area contributed by atoms with Crippen molar-refractivity contribution in [2.24, 2.45) is 4.99 Å². The number of amidine groups is 1. The molecule has 0 spiro atoms. The predicted octanol–water partition coefficient (Wildman–Crippen LogP) is 4.55. The smallest absolute Gasteiger partial charge is 0.282 e. The van der Waals surface area contributed by atoms with Gasteiger partial charge in [0.25, 0.3) is 5.91 Å². The van der Waals surface area contributed by atoms with Crippen molar-refractivity contribution < 1.29 is 19.0 Å². The number of rotatable bonds is 6. The molecule has 0 fully saturated rings. The van der Waals surface area contributed by atoms with Crippen LogP contribution in [-0.2, 0) is 4.79 Å². The Morgan fingerprint density at radius 1 is 0.806 bits per heavy atom. The summed E-state index contributed by atoms with van der Waals surface area (Å²) in [5.74, 6) is 2.34. The molecule has 4 rings (SSSR count). The first-order chi connectivity index (χ1) is 15.1. The van der Waals surface area contributed by atoms with Crippen LogP contribution in [0, 0.1) is 0 Å². The molecule has 3 aromatic carbocycles. The van der Waals surface area contributed by atoms with Crippen LogP contribution in [0.2, 0.25) is 0 Å². The molecule has 0 radical (unpaired) electrons. The van der Waals surface area contributed by atoms with Gasteiger partial charge in [-0.3, -0.25) is 9.69 Å². The van der Waals surface area contributed by atoms with Crippen molar-refractivity contribution in [3.63, 3.8) is 0 Å². The second kappa shape index (κ2) is 8.75. The number of benzene rings is 3. The topological polar surface area (TPSA) is 60.4 Å². The Balaban J connectivity index is 1.81. The minimum Gasteiger partial charge on any atom is -0.497 e. The van der Waals surface area contributed by atoms with Gasteiger partial charge in [0.15, 0.2) is 0 Å². The summed E-state index contributed by atoms with van der Waals surface area (Å²) in [5, 5.41) is 0. The molecule has 1 amide bonds. The number of carbonyl (C=O) groups excluding carboxylic acids is 1. The van der Waals surface area contributed by atoms with Crippen molar-refractivity contribution >= 4 is 23.5 Å². The highest BCUT2D eigenvalue weighted by atomic mass is 16.5. The zero-order chi connectivity index (χ0) is 21.8. The van der Waals surface area contributed by atoms with Gasteiger partial charge in [-0.25, -0.2) is 4.99 Å².